The molecular formula is C26H25F3N2O2. The highest BCUT2D eigenvalue weighted by Crippen LogP contribution is 2.33. The summed E-state index contributed by atoms with van der Waals surface area (Å²) in [4.78, 5) is 14.9. The van der Waals surface area contributed by atoms with Crippen LogP contribution in [-0.2, 0) is 10.9 Å². The fraction of sp³-hybridized carbons (Fsp3) is 0.269. The van der Waals surface area contributed by atoms with E-state index >= 15 is 0 Å². The Kier molecular flexibility index (Phi) is 6.42. The van der Waals surface area contributed by atoms with Gasteiger partial charge in [0.1, 0.15) is 0 Å². The Labute approximate surface area is 191 Å². The molecule has 1 heterocycles. The number of hydrogen-bond acceptors (Lipinski definition) is 3. The maximum absolute atomic E-state index is 13.0. The van der Waals surface area contributed by atoms with E-state index < -0.39 is 17.6 Å². The quantitative estimate of drug-likeness (QED) is 0.520. The zero-order valence-electron chi connectivity index (χ0n) is 18.5. The first-order chi connectivity index (χ1) is 15.7. The summed E-state index contributed by atoms with van der Waals surface area (Å²) >= 11 is 0. The number of amides is 1. The molecule has 33 heavy (non-hydrogen) atoms. The first kappa shape index (κ1) is 22.9. The molecule has 0 radical (unpaired) electrons. The lowest BCUT2D eigenvalue weighted by Gasteiger charge is -2.30. The number of alkyl halides is 3. The van der Waals surface area contributed by atoms with Crippen LogP contribution in [0.1, 0.15) is 27.0 Å². The minimum absolute atomic E-state index is 0.0445. The second-order valence-corrected chi connectivity index (χ2v) is 8.16. The van der Waals surface area contributed by atoms with Crippen LogP contribution >= 0.6 is 0 Å². The average Bonchev–Trinajstić information content (AvgIpc) is 2.81. The highest BCUT2D eigenvalue weighted by Gasteiger charge is 2.30. The van der Waals surface area contributed by atoms with Gasteiger partial charge >= 0.3 is 6.18 Å². The van der Waals surface area contributed by atoms with Crippen LogP contribution in [0.3, 0.4) is 0 Å². The first-order valence-electron chi connectivity index (χ1n) is 10.8. The van der Waals surface area contributed by atoms with Gasteiger partial charge in [-0.3, -0.25) is 4.79 Å². The third-order valence-electron chi connectivity index (χ3n) is 5.82. The third kappa shape index (κ3) is 5.20. The molecule has 7 heteroatoms. The Morgan fingerprint density at radius 1 is 0.939 bits per heavy atom. The van der Waals surface area contributed by atoms with E-state index in [1.54, 1.807) is 6.07 Å². The standard InChI is InChI=1S/C26H25F3N2O2/c1-17-7-9-22(30-25(32)20-4-3-5-21(14-20)26(27,28)29)16-23(17)19-8-6-18(2)24(15-19)31-10-12-33-13-11-31/h3-9,14-16H,10-13H2,1-2H3,(H,30,32). The number of nitrogens with zero attached hydrogens (tertiary/aromatic N) is 1. The van der Waals surface area contributed by atoms with Crippen LogP contribution < -0.4 is 10.2 Å². The molecule has 0 aliphatic carbocycles. The average molecular weight is 454 g/mol. The van der Waals surface area contributed by atoms with E-state index in [2.05, 4.69) is 29.3 Å². The summed E-state index contributed by atoms with van der Waals surface area (Å²) in [5.41, 5.74) is 4.93. The number of carbonyl (C=O) groups excluding carboxylic acids is 1. The molecule has 1 N–H and O–H groups in total. The van der Waals surface area contributed by atoms with Gasteiger partial charge < -0.3 is 15.0 Å². The van der Waals surface area contributed by atoms with E-state index in [1.807, 2.05) is 25.1 Å². The van der Waals surface area contributed by atoms with Crippen LogP contribution in [-0.4, -0.2) is 32.2 Å². The van der Waals surface area contributed by atoms with Gasteiger partial charge in [0.15, 0.2) is 0 Å². The maximum Gasteiger partial charge on any atom is 0.416 e. The van der Waals surface area contributed by atoms with Crippen LogP contribution in [0.15, 0.2) is 60.7 Å². The minimum Gasteiger partial charge on any atom is -0.378 e. The van der Waals surface area contributed by atoms with Crippen LogP contribution in [0.4, 0.5) is 24.5 Å². The van der Waals surface area contributed by atoms with E-state index in [0.29, 0.717) is 18.9 Å². The van der Waals surface area contributed by atoms with E-state index in [-0.39, 0.29) is 5.56 Å². The molecule has 4 nitrogen and oxygen atoms in total. The van der Waals surface area contributed by atoms with Gasteiger partial charge in [0.25, 0.3) is 5.91 Å². The molecule has 0 atom stereocenters. The Morgan fingerprint density at radius 3 is 2.39 bits per heavy atom. The minimum atomic E-state index is -4.50. The fourth-order valence-corrected chi connectivity index (χ4v) is 3.97. The second-order valence-electron chi connectivity index (χ2n) is 8.16. The number of hydrogen-bond donors (Lipinski definition) is 1. The number of nitrogens with one attached hydrogen (secondary N) is 1. The number of halogens is 3. The van der Waals surface area contributed by atoms with Crippen molar-refractivity contribution in [2.75, 3.05) is 36.5 Å². The number of aryl methyl sites for hydroxylation is 2. The first-order valence-corrected chi connectivity index (χ1v) is 10.8. The van der Waals surface area contributed by atoms with Gasteiger partial charge in [-0.2, -0.15) is 13.2 Å². The highest BCUT2D eigenvalue weighted by molar-refractivity contribution is 6.04. The van der Waals surface area contributed by atoms with E-state index in [1.165, 1.54) is 17.7 Å². The highest BCUT2D eigenvalue weighted by atomic mass is 19.4. The fourth-order valence-electron chi connectivity index (χ4n) is 3.97. The van der Waals surface area contributed by atoms with Gasteiger partial charge in [0.2, 0.25) is 0 Å². The number of morpholine rings is 1. The van der Waals surface area contributed by atoms with Crippen LogP contribution in [0.25, 0.3) is 11.1 Å². The Hall–Kier alpha value is -3.32. The largest absolute Gasteiger partial charge is 0.416 e. The number of rotatable bonds is 4. The molecule has 1 aliphatic rings. The molecule has 0 saturated carbocycles. The van der Waals surface area contributed by atoms with Crippen molar-refractivity contribution in [3.63, 3.8) is 0 Å². The topological polar surface area (TPSA) is 41.6 Å². The smallest absolute Gasteiger partial charge is 0.378 e. The molecule has 0 aromatic heterocycles. The monoisotopic (exact) mass is 454 g/mol. The molecule has 0 spiro atoms. The maximum atomic E-state index is 13.0. The predicted octanol–water partition coefficient (Wildman–Crippen LogP) is 6.08. The normalized spacial score (nSPS) is 14.3. The van der Waals surface area contributed by atoms with Crippen molar-refractivity contribution in [3.05, 3.63) is 82.9 Å². The molecule has 1 amide bonds. The van der Waals surface area contributed by atoms with Gasteiger partial charge in [-0.1, -0.05) is 24.3 Å². The summed E-state index contributed by atoms with van der Waals surface area (Å²) in [6, 6.07) is 16.2. The van der Waals surface area contributed by atoms with E-state index in [0.717, 1.165) is 47.6 Å². The summed E-state index contributed by atoms with van der Waals surface area (Å²) < 4.78 is 44.5. The Morgan fingerprint density at radius 2 is 1.67 bits per heavy atom. The molecule has 172 valence electrons. The molecule has 0 bridgehead atoms. The van der Waals surface area contributed by atoms with E-state index in [4.69, 9.17) is 4.74 Å². The summed E-state index contributed by atoms with van der Waals surface area (Å²) in [6.07, 6.45) is -4.50. The molecule has 0 unspecified atom stereocenters. The molecule has 1 fully saturated rings. The number of anilines is 2. The molecule has 1 aliphatic heterocycles. The van der Waals surface area contributed by atoms with Crippen LogP contribution in [0, 0.1) is 13.8 Å². The SMILES string of the molecule is Cc1ccc(NC(=O)c2cccc(C(F)(F)F)c2)cc1-c1ccc(C)c(N2CCOCC2)c1. The van der Waals surface area contributed by atoms with Crippen molar-refractivity contribution in [2.45, 2.75) is 20.0 Å². The zero-order valence-corrected chi connectivity index (χ0v) is 18.5. The second kappa shape index (κ2) is 9.27. The predicted molar refractivity (Wildman–Crippen MR) is 124 cm³/mol. The lowest BCUT2D eigenvalue weighted by atomic mass is 9.97. The third-order valence-corrected chi connectivity index (χ3v) is 5.82. The van der Waals surface area contributed by atoms with Crippen molar-refractivity contribution in [3.8, 4) is 11.1 Å². The van der Waals surface area contributed by atoms with Gasteiger partial charge in [0, 0.05) is 30.0 Å². The number of ether oxygens (including phenoxy) is 1. The molecule has 3 aromatic carbocycles. The molecule has 3 aromatic rings. The number of benzene rings is 3. The summed E-state index contributed by atoms with van der Waals surface area (Å²) in [5.74, 6) is -0.589. The lowest BCUT2D eigenvalue weighted by molar-refractivity contribution is -0.137. The van der Waals surface area contributed by atoms with Gasteiger partial charge in [-0.05, 0) is 72.5 Å². The summed E-state index contributed by atoms with van der Waals surface area (Å²) in [7, 11) is 0. The van der Waals surface area contributed by atoms with Crippen molar-refractivity contribution < 1.29 is 22.7 Å². The summed E-state index contributed by atoms with van der Waals surface area (Å²) in [6.45, 7) is 7.11. The zero-order chi connectivity index (χ0) is 23.6. The van der Waals surface area contributed by atoms with Gasteiger partial charge in [-0.15, -0.1) is 0 Å². The van der Waals surface area contributed by atoms with Crippen molar-refractivity contribution in [2.24, 2.45) is 0 Å². The van der Waals surface area contributed by atoms with Gasteiger partial charge in [0.05, 0.1) is 18.8 Å². The van der Waals surface area contributed by atoms with Gasteiger partial charge in [-0.25, -0.2) is 0 Å². The van der Waals surface area contributed by atoms with Crippen molar-refractivity contribution in [1.82, 2.24) is 0 Å². The van der Waals surface area contributed by atoms with Crippen LogP contribution in [0.2, 0.25) is 0 Å². The Bertz CT molecular complexity index is 1170. The van der Waals surface area contributed by atoms with Crippen molar-refractivity contribution >= 4 is 17.3 Å². The van der Waals surface area contributed by atoms with E-state index in [9.17, 15) is 18.0 Å². The lowest BCUT2D eigenvalue weighted by Crippen LogP contribution is -2.36. The molecular weight excluding hydrogens is 429 g/mol. The Balaban J connectivity index is 1.61. The van der Waals surface area contributed by atoms with Crippen LogP contribution in [0.5, 0.6) is 0 Å². The van der Waals surface area contributed by atoms with Crippen molar-refractivity contribution in [1.29, 1.82) is 0 Å². The summed E-state index contributed by atoms with van der Waals surface area (Å²) in [5, 5.41) is 2.73. The number of carbonyl (C=O) groups is 1. The molecule has 1 saturated heterocycles. The molecule has 4 rings (SSSR count).